The van der Waals surface area contributed by atoms with Gasteiger partial charge in [-0.15, -0.1) is 6.42 Å². The normalized spacial score (nSPS) is 12.4. The van der Waals surface area contributed by atoms with Gasteiger partial charge in [-0.25, -0.2) is 8.78 Å². The minimum Gasteiger partial charge on any atom is -0.454 e. The van der Waals surface area contributed by atoms with Gasteiger partial charge in [-0.3, -0.25) is 4.68 Å². The third-order valence-electron chi connectivity index (χ3n) is 7.01. The zero-order valence-corrected chi connectivity index (χ0v) is 24.8. The van der Waals surface area contributed by atoms with Crippen LogP contribution in [0.15, 0.2) is 77.5 Å². The average molecular weight is 635 g/mol. The van der Waals surface area contributed by atoms with Gasteiger partial charge in [0.15, 0.2) is 11.6 Å². The number of aliphatic hydroxyl groups is 1. The highest BCUT2D eigenvalue weighted by molar-refractivity contribution is 9.10. The lowest BCUT2D eigenvalue weighted by atomic mass is 9.96. The number of nitrogens with one attached hydrogen (secondary N) is 1. The number of nitrogens with zero attached hydrogens (tertiary/aromatic N) is 2. The summed E-state index contributed by atoms with van der Waals surface area (Å²) in [7, 11) is 0. The van der Waals surface area contributed by atoms with Gasteiger partial charge in [-0.1, -0.05) is 34.0 Å². The quantitative estimate of drug-likeness (QED) is 0.114. The van der Waals surface area contributed by atoms with E-state index in [4.69, 9.17) is 21.0 Å². The van der Waals surface area contributed by atoms with Crippen molar-refractivity contribution in [1.29, 1.82) is 0 Å². The number of fused-ring (bicyclic) bond motifs is 1. The molecule has 0 aliphatic rings. The topological polar surface area (TPSA) is 72.3 Å². The SMILES string of the molecule is C#CC(C)(C)COCCC(c1cccc(Br)c1)n1ccc(-c2cc(Oc3c(F)cc4[nH]ccc4c3CO)ccc2F)n1. The molecule has 0 fully saturated rings. The number of benzene rings is 3. The maximum atomic E-state index is 15.1. The molecule has 0 radical (unpaired) electrons. The van der Waals surface area contributed by atoms with Crippen LogP contribution in [0.1, 0.15) is 37.4 Å². The number of aliphatic hydroxyl groups excluding tert-OH is 1. The maximum Gasteiger partial charge on any atom is 0.169 e. The number of terminal acetylenes is 1. The van der Waals surface area contributed by atoms with Crippen molar-refractivity contribution in [2.45, 2.75) is 32.9 Å². The Hall–Kier alpha value is -3.97. The third kappa shape index (κ3) is 6.41. The molecule has 5 rings (SSSR count). The van der Waals surface area contributed by atoms with Crippen LogP contribution in [0, 0.1) is 29.4 Å². The molecule has 0 spiro atoms. The van der Waals surface area contributed by atoms with Gasteiger partial charge in [0.1, 0.15) is 11.6 Å². The fourth-order valence-corrected chi connectivity index (χ4v) is 5.17. The summed E-state index contributed by atoms with van der Waals surface area (Å²) in [6, 6.07) is 16.6. The van der Waals surface area contributed by atoms with E-state index in [1.54, 1.807) is 29.2 Å². The van der Waals surface area contributed by atoms with E-state index in [0.717, 1.165) is 10.0 Å². The first-order valence-electron chi connectivity index (χ1n) is 13.4. The largest absolute Gasteiger partial charge is 0.454 e. The van der Waals surface area contributed by atoms with Crippen molar-refractivity contribution in [2.24, 2.45) is 5.41 Å². The van der Waals surface area contributed by atoms with E-state index in [1.165, 1.54) is 24.3 Å². The fourth-order valence-electron chi connectivity index (χ4n) is 4.76. The van der Waals surface area contributed by atoms with E-state index in [9.17, 15) is 9.50 Å². The van der Waals surface area contributed by atoms with Gasteiger partial charge in [-0.2, -0.15) is 5.10 Å². The van der Waals surface area contributed by atoms with Crippen molar-refractivity contribution >= 4 is 26.8 Å². The summed E-state index contributed by atoms with van der Waals surface area (Å²) in [5.74, 6) is 1.68. The predicted octanol–water partition coefficient (Wildman–Crippen LogP) is 8.01. The molecular formula is C33H30BrF2N3O3. The number of hydrogen-bond acceptors (Lipinski definition) is 4. The van der Waals surface area contributed by atoms with E-state index in [2.05, 4.69) is 26.8 Å². The minimum atomic E-state index is -0.645. The first-order valence-corrected chi connectivity index (χ1v) is 14.2. The Bertz CT molecular complexity index is 1760. The molecule has 2 heterocycles. The van der Waals surface area contributed by atoms with Crippen molar-refractivity contribution < 1.29 is 23.4 Å². The number of hydrogen-bond donors (Lipinski definition) is 2. The molecule has 0 aliphatic carbocycles. The second kappa shape index (κ2) is 12.5. The van der Waals surface area contributed by atoms with E-state index in [1.807, 2.05) is 38.1 Å². The molecular weight excluding hydrogens is 604 g/mol. The fraction of sp³-hybridized carbons (Fsp3) is 0.242. The lowest BCUT2D eigenvalue weighted by Crippen LogP contribution is -2.19. The number of halogens is 3. The van der Waals surface area contributed by atoms with Gasteiger partial charge in [0.2, 0.25) is 0 Å². The molecule has 0 saturated carbocycles. The Morgan fingerprint density at radius 3 is 2.71 bits per heavy atom. The molecule has 2 N–H and O–H groups in total. The van der Waals surface area contributed by atoms with Crippen LogP contribution >= 0.6 is 15.9 Å². The molecule has 0 amide bonds. The Morgan fingerprint density at radius 1 is 1.12 bits per heavy atom. The minimum absolute atomic E-state index is 0.115. The van der Waals surface area contributed by atoms with Crippen molar-refractivity contribution in [2.75, 3.05) is 13.2 Å². The zero-order chi connectivity index (χ0) is 29.9. The van der Waals surface area contributed by atoms with Crippen LogP contribution in [0.3, 0.4) is 0 Å². The summed E-state index contributed by atoms with van der Waals surface area (Å²) in [6.07, 6.45) is 9.65. The van der Waals surface area contributed by atoms with Crippen molar-refractivity contribution in [3.05, 3.63) is 100 Å². The Balaban J connectivity index is 1.43. The highest BCUT2D eigenvalue weighted by Crippen LogP contribution is 2.36. The Morgan fingerprint density at radius 2 is 1.95 bits per heavy atom. The van der Waals surface area contributed by atoms with Gasteiger partial charge in [0.05, 0.1) is 24.9 Å². The molecule has 42 heavy (non-hydrogen) atoms. The van der Waals surface area contributed by atoms with Gasteiger partial charge in [0, 0.05) is 57.0 Å². The summed E-state index contributed by atoms with van der Waals surface area (Å²) >= 11 is 3.54. The van der Waals surface area contributed by atoms with Crippen LogP contribution in [0.4, 0.5) is 8.78 Å². The summed E-state index contributed by atoms with van der Waals surface area (Å²) < 4.78 is 44.5. The Kier molecular flexibility index (Phi) is 8.78. The van der Waals surface area contributed by atoms with Crippen LogP contribution in [0.2, 0.25) is 0 Å². The highest BCUT2D eigenvalue weighted by atomic mass is 79.9. The zero-order valence-electron chi connectivity index (χ0n) is 23.2. The monoisotopic (exact) mass is 633 g/mol. The molecule has 0 saturated heterocycles. The van der Waals surface area contributed by atoms with Gasteiger partial charge < -0.3 is 19.6 Å². The van der Waals surface area contributed by atoms with Gasteiger partial charge in [0.25, 0.3) is 0 Å². The molecule has 1 atom stereocenters. The lowest BCUT2D eigenvalue weighted by molar-refractivity contribution is 0.0798. The molecule has 0 aliphatic heterocycles. The van der Waals surface area contributed by atoms with Crippen molar-refractivity contribution in [3.8, 4) is 35.1 Å². The summed E-state index contributed by atoms with van der Waals surface area (Å²) in [4.78, 5) is 2.93. The molecule has 1 unspecified atom stereocenters. The number of rotatable bonds is 11. The molecule has 2 aromatic heterocycles. The molecule has 9 heteroatoms. The van der Waals surface area contributed by atoms with Crippen LogP contribution in [-0.4, -0.2) is 33.1 Å². The second-order valence-corrected chi connectivity index (χ2v) is 11.5. The van der Waals surface area contributed by atoms with E-state index < -0.39 is 18.2 Å². The Labute approximate surface area is 251 Å². The van der Waals surface area contributed by atoms with Gasteiger partial charge >= 0.3 is 0 Å². The molecule has 6 nitrogen and oxygen atoms in total. The number of aromatic nitrogens is 3. The summed E-state index contributed by atoms with van der Waals surface area (Å²) in [5, 5.41) is 15.3. The van der Waals surface area contributed by atoms with Crippen molar-refractivity contribution in [3.63, 3.8) is 0 Å². The lowest BCUT2D eigenvalue weighted by Gasteiger charge is -2.21. The summed E-state index contributed by atoms with van der Waals surface area (Å²) in [5.41, 5.74) is 2.05. The van der Waals surface area contributed by atoms with Gasteiger partial charge in [-0.05, 0) is 68.3 Å². The first kappa shape index (κ1) is 29.5. The first-order chi connectivity index (χ1) is 20.2. The second-order valence-electron chi connectivity index (χ2n) is 10.6. The number of H-pyrrole nitrogens is 1. The highest BCUT2D eigenvalue weighted by Gasteiger charge is 2.21. The molecule has 0 bridgehead atoms. The molecule has 216 valence electrons. The molecule has 5 aromatic rings. The molecule has 3 aromatic carbocycles. The number of ether oxygens (including phenoxy) is 2. The smallest absolute Gasteiger partial charge is 0.169 e. The third-order valence-corrected chi connectivity index (χ3v) is 7.50. The van der Waals surface area contributed by atoms with Crippen LogP contribution in [-0.2, 0) is 11.3 Å². The average Bonchev–Trinajstić information content (AvgIpc) is 3.64. The van der Waals surface area contributed by atoms with E-state index >= 15 is 4.39 Å². The predicted molar refractivity (Wildman–Crippen MR) is 162 cm³/mol. The van der Waals surface area contributed by atoms with E-state index in [-0.39, 0.29) is 28.5 Å². The van der Waals surface area contributed by atoms with E-state index in [0.29, 0.717) is 41.8 Å². The van der Waals surface area contributed by atoms with Crippen LogP contribution < -0.4 is 4.74 Å². The summed E-state index contributed by atoms with van der Waals surface area (Å²) in [6.45, 7) is 4.33. The maximum absolute atomic E-state index is 15.1. The van der Waals surface area contributed by atoms with Crippen LogP contribution in [0.5, 0.6) is 11.5 Å². The van der Waals surface area contributed by atoms with Crippen LogP contribution in [0.25, 0.3) is 22.2 Å². The van der Waals surface area contributed by atoms with Crippen molar-refractivity contribution in [1.82, 2.24) is 14.8 Å². The standard InChI is InChI=1S/C33H30BrF2N3O3/c1-4-33(2,3)20-41-15-12-31(21-6-5-7-22(34)16-21)39-14-11-29(38-39)25-17-23(8-9-27(25)35)42-32-26(19-40)24-10-13-37-30(24)18-28(32)36/h1,5-11,13-14,16-18,31,37,40H,12,15,19-20H2,2-3H3. The number of aromatic amines is 1.